The van der Waals surface area contributed by atoms with Crippen molar-refractivity contribution < 1.29 is 9.53 Å². The lowest BCUT2D eigenvalue weighted by atomic mass is 10.2. The topological polar surface area (TPSA) is 74.3 Å². The summed E-state index contributed by atoms with van der Waals surface area (Å²) in [4.78, 5) is 16.4. The molecule has 7 nitrogen and oxygen atoms in total. The Morgan fingerprint density at radius 1 is 1.27 bits per heavy atom. The summed E-state index contributed by atoms with van der Waals surface area (Å²) in [5.74, 6) is -0.478. The minimum Gasteiger partial charge on any atom is -0.455 e. The predicted octanol–water partition coefficient (Wildman–Crippen LogP) is 1.93. The highest BCUT2D eigenvalue weighted by atomic mass is 16.6. The predicted molar refractivity (Wildman–Crippen MR) is 79.5 cm³/mol. The first-order valence-electron chi connectivity index (χ1n) is 6.97. The zero-order valence-corrected chi connectivity index (χ0v) is 12.7. The number of hydrogen-bond donors (Lipinski definition) is 0. The van der Waals surface area contributed by atoms with Gasteiger partial charge in [0.25, 0.3) is 0 Å². The van der Waals surface area contributed by atoms with E-state index in [9.17, 15) is 4.79 Å². The smallest absolute Gasteiger partial charge is 0.361 e. The number of imidazole rings is 1. The Labute approximate surface area is 127 Å². The average Bonchev–Trinajstić information content (AvgIpc) is 3.02. The zero-order valence-electron chi connectivity index (χ0n) is 12.7. The van der Waals surface area contributed by atoms with Gasteiger partial charge in [0.05, 0.1) is 18.4 Å². The van der Waals surface area contributed by atoms with Crippen LogP contribution in [-0.4, -0.2) is 35.9 Å². The van der Waals surface area contributed by atoms with Crippen molar-refractivity contribution in [2.45, 2.75) is 32.9 Å². The van der Waals surface area contributed by atoms with E-state index in [1.54, 1.807) is 10.9 Å². The van der Waals surface area contributed by atoms with Crippen LogP contribution in [0.15, 0.2) is 36.8 Å². The van der Waals surface area contributed by atoms with E-state index >= 15 is 0 Å². The number of fused-ring (bicyclic) bond motifs is 1. The van der Waals surface area contributed by atoms with Gasteiger partial charge >= 0.3 is 5.97 Å². The first-order valence-corrected chi connectivity index (χ1v) is 6.97. The molecule has 0 aromatic carbocycles. The second-order valence-corrected chi connectivity index (χ2v) is 6.00. The summed E-state index contributed by atoms with van der Waals surface area (Å²) in [6, 6.07) is 5.80. The van der Waals surface area contributed by atoms with Crippen LogP contribution >= 0.6 is 0 Å². The van der Waals surface area contributed by atoms with Crippen molar-refractivity contribution >= 4 is 11.6 Å². The Bertz CT molecular complexity index is 780. The molecule has 0 amide bonds. The van der Waals surface area contributed by atoms with Crippen LogP contribution in [-0.2, 0) is 11.3 Å². The quantitative estimate of drug-likeness (QED) is 0.691. The van der Waals surface area contributed by atoms with Gasteiger partial charge in [-0.15, -0.1) is 5.10 Å². The fourth-order valence-electron chi connectivity index (χ4n) is 2.03. The second kappa shape index (κ2) is 5.25. The van der Waals surface area contributed by atoms with Crippen molar-refractivity contribution in [3.63, 3.8) is 0 Å². The van der Waals surface area contributed by atoms with E-state index in [4.69, 9.17) is 4.74 Å². The molecule has 0 spiro atoms. The van der Waals surface area contributed by atoms with Crippen molar-refractivity contribution in [2.24, 2.45) is 0 Å². The molecule has 0 fully saturated rings. The molecule has 3 heterocycles. The maximum Gasteiger partial charge on any atom is 0.361 e. The van der Waals surface area contributed by atoms with Crippen LogP contribution in [0.5, 0.6) is 0 Å². The number of rotatable bonds is 3. The molecule has 0 aliphatic rings. The van der Waals surface area contributed by atoms with Crippen LogP contribution in [0.3, 0.4) is 0 Å². The first kappa shape index (κ1) is 14.2. The molecule has 114 valence electrons. The van der Waals surface area contributed by atoms with E-state index in [1.165, 1.54) is 0 Å². The molecule has 3 aromatic rings. The van der Waals surface area contributed by atoms with Gasteiger partial charge in [-0.25, -0.2) is 14.5 Å². The molecule has 0 aliphatic heterocycles. The highest BCUT2D eigenvalue weighted by Gasteiger charge is 2.20. The molecule has 3 aromatic heterocycles. The number of carbonyl (C=O) groups excluding carboxylic acids is 1. The molecule has 0 bridgehead atoms. The van der Waals surface area contributed by atoms with Crippen LogP contribution in [0.1, 0.15) is 37.0 Å². The van der Waals surface area contributed by atoms with Crippen LogP contribution < -0.4 is 0 Å². The number of nitrogens with zero attached hydrogens (tertiary/aromatic N) is 5. The largest absolute Gasteiger partial charge is 0.455 e. The third kappa shape index (κ3) is 3.13. The number of carbonyl (C=O) groups is 1. The van der Waals surface area contributed by atoms with Gasteiger partial charge in [-0.3, -0.25) is 0 Å². The summed E-state index contributed by atoms with van der Waals surface area (Å²) in [6.07, 6.45) is 5.42. The molecule has 3 rings (SSSR count). The Morgan fingerprint density at radius 2 is 2.09 bits per heavy atom. The summed E-state index contributed by atoms with van der Waals surface area (Å²) in [5.41, 5.74) is 1.35. The van der Waals surface area contributed by atoms with Crippen molar-refractivity contribution in [3.8, 4) is 0 Å². The molecular weight excluding hydrogens is 282 g/mol. The summed E-state index contributed by atoms with van der Waals surface area (Å²) < 4.78 is 8.76. The standard InChI is InChI=1S/C15H17N5O2/c1-15(2,3)22-14(21)12-10-20(18-17-12)9-11-8-19-7-5-4-6-13(19)16-11/h4-8,10H,9H2,1-3H3. The fourth-order valence-corrected chi connectivity index (χ4v) is 2.03. The van der Waals surface area contributed by atoms with E-state index in [-0.39, 0.29) is 5.69 Å². The normalized spacial score (nSPS) is 11.8. The average molecular weight is 299 g/mol. The summed E-state index contributed by atoms with van der Waals surface area (Å²) in [7, 11) is 0. The molecule has 0 N–H and O–H groups in total. The summed E-state index contributed by atoms with van der Waals surface area (Å²) in [6.45, 7) is 5.88. The number of ether oxygens (including phenoxy) is 1. The minimum absolute atomic E-state index is 0.193. The lowest BCUT2D eigenvalue weighted by molar-refractivity contribution is 0.00627. The lowest BCUT2D eigenvalue weighted by Gasteiger charge is -2.18. The van der Waals surface area contributed by atoms with Gasteiger partial charge in [0.1, 0.15) is 11.2 Å². The van der Waals surface area contributed by atoms with E-state index in [0.717, 1.165) is 11.3 Å². The van der Waals surface area contributed by atoms with Crippen LogP contribution in [0.25, 0.3) is 5.65 Å². The molecular formula is C15H17N5O2. The molecule has 0 unspecified atom stereocenters. The fraction of sp³-hybridized carbons (Fsp3) is 0.333. The Morgan fingerprint density at radius 3 is 2.82 bits per heavy atom. The van der Waals surface area contributed by atoms with Gasteiger partial charge in [0.15, 0.2) is 5.69 Å². The number of hydrogen-bond acceptors (Lipinski definition) is 5. The van der Waals surface area contributed by atoms with Gasteiger partial charge in [-0.2, -0.15) is 0 Å². The maximum absolute atomic E-state index is 11.9. The zero-order chi connectivity index (χ0) is 15.7. The Kier molecular flexibility index (Phi) is 3.40. The maximum atomic E-state index is 11.9. The van der Waals surface area contributed by atoms with Gasteiger partial charge in [-0.1, -0.05) is 11.3 Å². The molecule has 22 heavy (non-hydrogen) atoms. The monoisotopic (exact) mass is 299 g/mol. The van der Waals surface area contributed by atoms with Crippen LogP contribution in [0.4, 0.5) is 0 Å². The van der Waals surface area contributed by atoms with Crippen molar-refractivity contribution in [1.29, 1.82) is 0 Å². The van der Waals surface area contributed by atoms with E-state index in [1.807, 2.05) is 55.8 Å². The Balaban J connectivity index is 1.75. The number of esters is 1. The van der Waals surface area contributed by atoms with Crippen molar-refractivity contribution in [3.05, 3.63) is 48.2 Å². The van der Waals surface area contributed by atoms with Crippen molar-refractivity contribution in [1.82, 2.24) is 24.4 Å². The van der Waals surface area contributed by atoms with E-state index < -0.39 is 11.6 Å². The molecule has 0 saturated carbocycles. The molecule has 0 atom stereocenters. The highest BCUT2D eigenvalue weighted by Crippen LogP contribution is 2.11. The minimum atomic E-state index is -0.553. The molecule has 0 aliphatic carbocycles. The van der Waals surface area contributed by atoms with Gasteiger partial charge in [0, 0.05) is 12.4 Å². The van der Waals surface area contributed by atoms with Gasteiger partial charge in [-0.05, 0) is 32.9 Å². The van der Waals surface area contributed by atoms with Gasteiger partial charge in [0.2, 0.25) is 0 Å². The highest BCUT2D eigenvalue weighted by molar-refractivity contribution is 5.87. The molecule has 0 saturated heterocycles. The summed E-state index contributed by atoms with van der Waals surface area (Å²) in [5, 5.41) is 7.80. The molecule has 0 radical (unpaired) electrons. The Hall–Kier alpha value is -2.70. The van der Waals surface area contributed by atoms with Crippen LogP contribution in [0, 0.1) is 0 Å². The van der Waals surface area contributed by atoms with Gasteiger partial charge < -0.3 is 9.14 Å². The number of pyridine rings is 1. The second-order valence-electron chi connectivity index (χ2n) is 6.00. The lowest BCUT2D eigenvalue weighted by Crippen LogP contribution is -2.24. The first-order chi connectivity index (χ1) is 10.4. The van der Waals surface area contributed by atoms with E-state index in [0.29, 0.717) is 6.54 Å². The van der Waals surface area contributed by atoms with E-state index in [2.05, 4.69) is 15.3 Å². The summed E-state index contributed by atoms with van der Waals surface area (Å²) >= 11 is 0. The molecule has 7 heteroatoms. The van der Waals surface area contributed by atoms with Crippen LogP contribution in [0.2, 0.25) is 0 Å². The third-order valence-corrected chi connectivity index (χ3v) is 2.88. The van der Waals surface area contributed by atoms with Crippen molar-refractivity contribution in [2.75, 3.05) is 0 Å². The SMILES string of the molecule is CC(C)(C)OC(=O)c1cn(Cc2cn3ccccc3n2)nn1. The third-order valence-electron chi connectivity index (χ3n) is 2.88. The number of aromatic nitrogens is 5.